The SMILES string of the molecule is COC(=O)[C@](N)(CCCN)C(F)Cl. The van der Waals surface area contributed by atoms with Crippen LogP contribution in [-0.4, -0.2) is 30.8 Å². The highest BCUT2D eigenvalue weighted by Gasteiger charge is 2.42. The first-order chi connectivity index (χ1) is 5.99. The monoisotopic (exact) mass is 212 g/mol. The molecule has 0 heterocycles. The van der Waals surface area contributed by atoms with Crippen molar-refractivity contribution in [3.63, 3.8) is 0 Å². The van der Waals surface area contributed by atoms with Crippen molar-refractivity contribution in [1.82, 2.24) is 0 Å². The van der Waals surface area contributed by atoms with Gasteiger partial charge in [-0.2, -0.15) is 0 Å². The van der Waals surface area contributed by atoms with E-state index in [1.165, 1.54) is 0 Å². The Morgan fingerprint density at radius 3 is 2.62 bits per heavy atom. The van der Waals surface area contributed by atoms with E-state index >= 15 is 0 Å². The van der Waals surface area contributed by atoms with Crippen molar-refractivity contribution in [2.75, 3.05) is 13.7 Å². The number of alkyl halides is 2. The lowest BCUT2D eigenvalue weighted by atomic mass is 9.96. The van der Waals surface area contributed by atoms with Crippen LogP contribution in [0.3, 0.4) is 0 Å². The molecule has 0 saturated heterocycles. The lowest BCUT2D eigenvalue weighted by Gasteiger charge is -2.26. The van der Waals surface area contributed by atoms with Crippen LogP contribution in [0, 0.1) is 0 Å². The second-order valence-corrected chi connectivity index (χ2v) is 3.11. The lowest BCUT2D eigenvalue weighted by Crippen LogP contribution is -2.54. The Bertz CT molecular complexity index is 180. The third-order valence-electron chi connectivity index (χ3n) is 1.75. The van der Waals surface area contributed by atoms with Gasteiger partial charge in [0.25, 0.3) is 0 Å². The van der Waals surface area contributed by atoms with E-state index in [1.54, 1.807) is 0 Å². The summed E-state index contributed by atoms with van der Waals surface area (Å²) in [5.74, 6) is -0.858. The fraction of sp³-hybridized carbons (Fsp3) is 0.857. The minimum absolute atomic E-state index is 0.0703. The smallest absolute Gasteiger partial charge is 0.330 e. The van der Waals surface area contributed by atoms with Crippen molar-refractivity contribution in [2.45, 2.75) is 24.0 Å². The molecule has 6 heteroatoms. The summed E-state index contributed by atoms with van der Waals surface area (Å²) in [6, 6.07) is 0. The number of nitrogens with two attached hydrogens (primary N) is 2. The van der Waals surface area contributed by atoms with E-state index in [0.717, 1.165) is 7.11 Å². The van der Waals surface area contributed by atoms with Crippen LogP contribution < -0.4 is 11.5 Å². The summed E-state index contributed by atoms with van der Waals surface area (Å²) in [6.45, 7) is 0.319. The Hall–Kier alpha value is -0.390. The molecule has 0 saturated carbocycles. The summed E-state index contributed by atoms with van der Waals surface area (Å²) >= 11 is 5.16. The van der Waals surface area contributed by atoms with Crippen LogP contribution in [0.1, 0.15) is 12.8 Å². The first-order valence-corrected chi connectivity index (χ1v) is 4.28. The normalized spacial score (nSPS) is 17.6. The standard InChI is InChI=1S/C7H14ClFN2O2/c1-13-6(12)7(11,5(8)9)3-2-4-10/h5H,2-4,10-11H2,1H3/t5?,7-/m0/s1. The first kappa shape index (κ1) is 12.6. The Labute approximate surface area is 81.4 Å². The molecule has 0 fully saturated rings. The van der Waals surface area contributed by atoms with E-state index in [4.69, 9.17) is 23.1 Å². The van der Waals surface area contributed by atoms with E-state index in [0.29, 0.717) is 13.0 Å². The largest absolute Gasteiger partial charge is 0.468 e. The molecule has 78 valence electrons. The molecule has 0 rings (SSSR count). The Morgan fingerprint density at radius 1 is 1.77 bits per heavy atom. The number of esters is 1. The van der Waals surface area contributed by atoms with Crippen LogP contribution in [0.4, 0.5) is 4.39 Å². The molecule has 2 atom stereocenters. The van der Waals surface area contributed by atoms with Gasteiger partial charge in [0, 0.05) is 0 Å². The molecule has 0 aromatic carbocycles. The van der Waals surface area contributed by atoms with Crippen LogP contribution >= 0.6 is 11.6 Å². The number of methoxy groups -OCH3 is 1. The van der Waals surface area contributed by atoms with Crippen molar-refractivity contribution in [2.24, 2.45) is 11.5 Å². The summed E-state index contributed by atoms with van der Waals surface area (Å²) in [4.78, 5) is 11.1. The number of hydrogen-bond donors (Lipinski definition) is 2. The number of carbonyl (C=O) groups is 1. The van der Waals surface area contributed by atoms with Gasteiger partial charge in [0.2, 0.25) is 5.63 Å². The minimum atomic E-state index is -1.97. The fourth-order valence-corrected chi connectivity index (χ4v) is 1.08. The maximum Gasteiger partial charge on any atom is 0.330 e. The zero-order chi connectivity index (χ0) is 10.5. The zero-order valence-electron chi connectivity index (χ0n) is 7.43. The number of carbonyl (C=O) groups excluding carboxylic acids is 1. The number of halogens is 2. The van der Waals surface area contributed by atoms with E-state index in [2.05, 4.69) is 4.74 Å². The van der Waals surface area contributed by atoms with E-state index in [9.17, 15) is 9.18 Å². The molecule has 0 radical (unpaired) electrons. The van der Waals surface area contributed by atoms with Crippen LogP contribution in [0.15, 0.2) is 0 Å². The summed E-state index contributed by atoms with van der Waals surface area (Å²) in [5, 5.41) is 0. The summed E-state index contributed by atoms with van der Waals surface area (Å²) in [6.07, 6.45) is 0.486. The molecule has 0 aromatic heterocycles. The van der Waals surface area contributed by atoms with E-state index < -0.39 is 17.1 Å². The summed E-state index contributed by atoms with van der Waals surface area (Å²) < 4.78 is 17.2. The average Bonchev–Trinajstić information content (AvgIpc) is 2.12. The predicted octanol–water partition coefficient (Wildman–Crippen LogP) is 0.130. The maximum absolute atomic E-state index is 12.8. The second kappa shape index (κ2) is 5.36. The van der Waals surface area contributed by atoms with Gasteiger partial charge in [-0.25, -0.2) is 9.18 Å². The third-order valence-corrected chi connectivity index (χ3v) is 2.14. The van der Waals surface area contributed by atoms with Crippen molar-refractivity contribution < 1.29 is 13.9 Å². The van der Waals surface area contributed by atoms with Gasteiger partial charge in [0.1, 0.15) is 0 Å². The molecule has 0 bridgehead atoms. The quantitative estimate of drug-likeness (QED) is 0.502. The number of ether oxygens (including phenoxy) is 1. The Kier molecular flexibility index (Phi) is 5.20. The lowest BCUT2D eigenvalue weighted by molar-refractivity contribution is -0.148. The van der Waals surface area contributed by atoms with Crippen LogP contribution in [-0.2, 0) is 9.53 Å². The van der Waals surface area contributed by atoms with Crippen molar-refractivity contribution in [3.05, 3.63) is 0 Å². The molecule has 4 N–H and O–H groups in total. The van der Waals surface area contributed by atoms with E-state index in [-0.39, 0.29) is 6.42 Å². The topological polar surface area (TPSA) is 78.3 Å². The van der Waals surface area contributed by atoms with Gasteiger partial charge in [-0.05, 0) is 19.4 Å². The van der Waals surface area contributed by atoms with Gasteiger partial charge in [-0.1, -0.05) is 11.6 Å². The van der Waals surface area contributed by atoms with Crippen LogP contribution in [0.25, 0.3) is 0 Å². The van der Waals surface area contributed by atoms with Gasteiger partial charge in [-0.3, -0.25) is 0 Å². The van der Waals surface area contributed by atoms with Crippen molar-refractivity contribution >= 4 is 17.6 Å². The van der Waals surface area contributed by atoms with Gasteiger partial charge < -0.3 is 16.2 Å². The number of rotatable bonds is 5. The van der Waals surface area contributed by atoms with Crippen LogP contribution in [0.5, 0.6) is 0 Å². The van der Waals surface area contributed by atoms with Gasteiger partial charge in [-0.15, -0.1) is 0 Å². The molecule has 0 aromatic rings. The molecule has 0 aliphatic heterocycles. The molecule has 13 heavy (non-hydrogen) atoms. The maximum atomic E-state index is 12.8. The molecule has 0 aliphatic rings. The minimum Gasteiger partial charge on any atom is -0.468 e. The highest BCUT2D eigenvalue weighted by molar-refractivity contribution is 6.22. The van der Waals surface area contributed by atoms with Gasteiger partial charge in [0.05, 0.1) is 7.11 Å². The Balaban J connectivity index is 4.43. The Morgan fingerprint density at radius 2 is 2.31 bits per heavy atom. The van der Waals surface area contributed by atoms with Gasteiger partial charge >= 0.3 is 5.97 Å². The third kappa shape index (κ3) is 3.10. The molecule has 0 aliphatic carbocycles. The molecule has 4 nitrogen and oxygen atoms in total. The number of hydrogen-bond acceptors (Lipinski definition) is 4. The van der Waals surface area contributed by atoms with Crippen LogP contribution in [0.2, 0.25) is 0 Å². The first-order valence-electron chi connectivity index (χ1n) is 3.84. The van der Waals surface area contributed by atoms with Crippen molar-refractivity contribution in [1.29, 1.82) is 0 Å². The molecule has 0 spiro atoms. The van der Waals surface area contributed by atoms with Crippen molar-refractivity contribution in [3.8, 4) is 0 Å². The highest BCUT2D eigenvalue weighted by atomic mass is 35.5. The zero-order valence-corrected chi connectivity index (χ0v) is 8.18. The summed E-state index contributed by atoms with van der Waals surface area (Å²) in [5.41, 5.74) is 6.90. The second-order valence-electron chi connectivity index (χ2n) is 2.72. The highest BCUT2D eigenvalue weighted by Crippen LogP contribution is 2.22. The van der Waals surface area contributed by atoms with Gasteiger partial charge in [0.15, 0.2) is 5.54 Å². The molecule has 1 unspecified atom stereocenters. The molecular formula is C7H14ClFN2O2. The molecule has 0 amide bonds. The molecular weight excluding hydrogens is 199 g/mol. The summed E-state index contributed by atoms with van der Waals surface area (Å²) in [7, 11) is 1.13. The fourth-order valence-electron chi connectivity index (χ4n) is 0.885. The van der Waals surface area contributed by atoms with E-state index in [1.807, 2.05) is 0 Å². The predicted molar refractivity (Wildman–Crippen MR) is 48.0 cm³/mol. The average molecular weight is 213 g/mol.